The third kappa shape index (κ3) is 13.5. The lowest BCUT2D eigenvalue weighted by molar-refractivity contribution is -1.23. The van der Waals surface area contributed by atoms with E-state index in [1.54, 1.807) is 0 Å². The Morgan fingerprint density at radius 1 is 0.682 bits per heavy atom. The lowest BCUT2D eigenvalue weighted by Gasteiger charge is -2.28. The number of quaternary nitrogens is 1. The Labute approximate surface area is 136 Å². The largest absolute Gasteiger partial charge is 0.394 e. The van der Waals surface area contributed by atoms with Gasteiger partial charge in [0.15, 0.2) is 0 Å². The van der Waals surface area contributed by atoms with Gasteiger partial charge in [-0.3, -0.25) is 0 Å². The van der Waals surface area contributed by atoms with Crippen molar-refractivity contribution in [3.63, 3.8) is 0 Å². The van der Waals surface area contributed by atoms with Gasteiger partial charge in [-0.05, 0) is 11.2 Å². The van der Waals surface area contributed by atoms with E-state index in [1.807, 2.05) is 7.05 Å². The Morgan fingerprint density at radius 2 is 1.09 bits per heavy atom. The monoisotopic (exact) mass is 320 g/mol. The Morgan fingerprint density at radius 3 is 1.50 bits per heavy atom. The molecule has 5 nitrogen and oxygen atoms in total. The Kier molecular flexibility index (Phi) is 15.5. The van der Waals surface area contributed by atoms with Crippen LogP contribution < -0.4 is 0 Å². The molecule has 0 aromatic rings. The van der Waals surface area contributed by atoms with Crippen molar-refractivity contribution in [1.29, 1.82) is 0 Å². The van der Waals surface area contributed by atoms with Gasteiger partial charge in [-0.25, -0.2) is 0 Å². The molecule has 22 heavy (non-hydrogen) atoms. The van der Waals surface area contributed by atoms with Gasteiger partial charge in [0.1, 0.15) is 26.8 Å². The van der Waals surface area contributed by atoms with E-state index in [2.05, 4.69) is 6.92 Å². The van der Waals surface area contributed by atoms with Crippen molar-refractivity contribution in [2.75, 3.05) is 40.0 Å². The van der Waals surface area contributed by atoms with Gasteiger partial charge >= 0.3 is 0 Å². The van der Waals surface area contributed by atoms with Gasteiger partial charge in [0.2, 0.25) is 0 Å². The molecule has 0 amide bonds. The predicted octanol–water partition coefficient (Wildman–Crippen LogP) is 3.20. The highest BCUT2D eigenvalue weighted by Gasteiger charge is 2.25. The fourth-order valence-corrected chi connectivity index (χ4v) is 2.52. The van der Waals surface area contributed by atoms with Gasteiger partial charge in [-0.15, -0.1) is 0 Å². The maximum absolute atomic E-state index is 8.86. The molecule has 0 unspecified atom stereocenters. The number of hydrogen-bond donors (Lipinski definition) is 2. The molecular weight excluding hydrogens is 282 g/mol. The van der Waals surface area contributed by atoms with Gasteiger partial charge in [0.05, 0.1) is 13.2 Å². The van der Waals surface area contributed by atoms with Crippen molar-refractivity contribution in [3.8, 4) is 0 Å². The van der Waals surface area contributed by atoms with E-state index in [0.29, 0.717) is 0 Å². The second-order valence-corrected chi connectivity index (χ2v) is 6.03. The third-order valence-electron chi connectivity index (χ3n) is 3.83. The minimum absolute atomic E-state index is 0.0120. The molecule has 0 aliphatic heterocycles. The average molecular weight is 320 g/mol. The number of rotatable bonds is 17. The zero-order valence-electron chi connectivity index (χ0n) is 14.8. The van der Waals surface area contributed by atoms with Crippen molar-refractivity contribution in [2.45, 2.75) is 71.1 Å². The molecular formula is C17H38NO4+. The first kappa shape index (κ1) is 21.8. The minimum Gasteiger partial charge on any atom is -0.394 e. The molecule has 0 aliphatic rings. The van der Waals surface area contributed by atoms with Gasteiger partial charge in [-0.2, -0.15) is 9.68 Å². The molecule has 2 N–H and O–H groups in total. The summed E-state index contributed by atoms with van der Waals surface area (Å²) >= 11 is 0. The zero-order valence-corrected chi connectivity index (χ0v) is 14.8. The molecule has 0 saturated carbocycles. The highest BCUT2D eigenvalue weighted by Crippen LogP contribution is 2.13. The third-order valence-corrected chi connectivity index (χ3v) is 3.83. The Bertz CT molecular complexity index is 219. The predicted molar refractivity (Wildman–Crippen MR) is 89.0 cm³/mol. The van der Waals surface area contributed by atoms with E-state index in [1.165, 1.54) is 57.8 Å². The highest BCUT2D eigenvalue weighted by atomic mass is 17.0. The summed E-state index contributed by atoms with van der Waals surface area (Å²) < 4.78 is 0. The molecule has 0 fully saturated rings. The van der Waals surface area contributed by atoms with E-state index in [0.717, 1.165) is 13.0 Å². The van der Waals surface area contributed by atoms with Gasteiger partial charge < -0.3 is 10.2 Å². The number of aliphatic hydroxyl groups excluding tert-OH is 2. The van der Waals surface area contributed by atoms with Crippen LogP contribution in [0.2, 0.25) is 0 Å². The summed E-state index contributed by atoms with van der Waals surface area (Å²) in [4.78, 5) is 11.0. The van der Waals surface area contributed by atoms with E-state index in [4.69, 9.17) is 19.9 Å². The van der Waals surface area contributed by atoms with Crippen LogP contribution in [0.4, 0.5) is 0 Å². The fourth-order valence-electron chi connectivity index (χ4n) is 2.52. The quantitative estimate of drug-likeness (QED) is 0.245. The summed E-state index contributed by atoms with van der Waals surface area (Å²) in [5.41, 5.74) is 0. The Hall–Kier alpha value is -0.200. The maximum Gasteiger partial charge on any atom is 0.142 e. The molecule has 0 saturated heterocycles. The van der Waals surface area contributed by atoms with Crippen LogP contribution in [0.5, 0.6) is 0 Å². The molecule has 0 bridgehead atoms. The SMILES string of the molecule is CCCCCCCCCCCC[N+](C)(OCCO)OCCO. The second kappa shape index (κ2) is 15.7. The van der Waals surface area contributed by atoms with Gasteiger partial charge in [-0.1, -0.05) is 58.3 Å². The number of aliphatic hydroxyl groups is 2. The molecule has 0 aliphatic carbocycles. The van der Waals surface area contributed by atoms with Crippen LogP contribution in [0.1, 0.15) is 71.1 Å². The van der Waals surface area contributed by atoms with E-state index < -0.39 is 0 Å². The number of hydrogen-bond acceptors (Lipinski definition) is 4. The summed E-state index contributed by atoms with van der Waals surface area (Å²) in [5.74, 6) is 0. The smallest absolute Gasteiger partial charge is 0.142 e. The van der Waals surface area contributed by atoms with Crippen molar-refractivity contribution >= 4 is 0 Å². The molecule has 0 atom stereocenters. The number of unbranched alkanes of at least 4 members (excludes halogenated alkanes) is 9. The lowest BCUT2D eigenvalue weighted by Crippen LogP contribution is -2.46. The van der Waals surface area contributed by atoms with Gasteiger partial charge in [0, 0.05) is 6.42 Å². The van der Waals surface area contributed by atoms with Crippen LogP contribution in [0, 0.1) is 0 Å². The molecule has 0 rings (SSSR count). The fraction of sp³-hybridized carbons (Fsp3) is 1.00. The van der Waals surface area contributed by atoms with Crippen LogP contribution in [0.15, 0.2) is 0 Å². The maximum atomic E-state index is 8.86. The summed E-state index contributed by atoms with van der Waals surface area (Å²) in [6.45, 7) is 3.46. The first-order valence-electron chi connectivity index (χ1n) is 9.05. The van der Waals surface area contributed by atoms with E-state index in [9.17, 15) is 0 Å². The molecule has 0 heterocycles. The summed E-state index contributed by atoms with van der Waals surface area (Å²) in [6.07, 6.45) is 12.9. The summed E-state index contributed by atoms with van der Waals surface area (Å²) in [7, 11) is 1.83. The number of nitrogens with zero attached hydrogens (tertiary/aromatic N) is 1. The standard InChI is InChI=1S/C17H38NO4/c1-3-4-5-6-7-8-9-10-11-12-13-18(2,21-16-14-19)22-17-15-20/h19-20H,3-17H2,1-2H3/q+1. The summed E-state index contributed by atoms with van der Waals surface area (Å²) in [5, 5.41) is 17.7. The first-order valence-corrected chi connectivity index (χ1v) is 9.05. The van der Waals surface area contributed by atoms with E-state index in [-0.39, 0.29) is 31.2 Å². The molecule has 0 spiro atoms. The van der Waals surface area contributed by atoms with Gasteiger partial charge in [0.25, 0.3) is 0 Å². The van der Waals surface area contributed by atoms with Crippen LogP contribution in [0.3, 0.4) is 0 Å². The molecule has 0 aromatic heterocycles. The Balaban J connectivity index is 3.58. The van der Waals surface area contributed by atoms with Crippen molar-refractivity contribution < 1.29 is 24.7 Å². The first-order chi connectivity index (χ1) is 10.7. The highest BCUT2D eigenvalue weighted by molar-refractivity contribution is 4.47. The normalized spacial score (nSPS) is 12.0. The molecule has 134 valence electrons. The average Bonchev–Trinajstić information content (AvgIpc) is 2.53. The van der Waals surface area contributed by atoms with Crippen molar-refractivity contribution in [1.82, 2.24) is 0 Å². The van der Waals surface area contributed by atoms with Crippen LogP contribution >= 0.6 is 0 Å². The molecule has 0 aromatic carbocycles. The van der Waals surface area contributed by atoms with Crippen LogP contribution in [-0.2, 0) is 9.68 Å². The van der Waals surface area contributed by atoms with Crippen molar-refractivity contribution in [2.24, 2.45) is 0 Å². The molecule has 0 radical (unpaired) electrons. The van der Waals surface area contributed by atoms with E-state index >= 15 is 0 Å². The lowest BCUT2D eigenvalue weighted by atomic mass is 10.1. The van der Waals surface area contributed by atoms with Crippen LogP contribution in [-0.4, -0.2) is 55.0 Å². The van der Waals surface area contributed by atoms with Crippen molar-refractivity contribution in [3.05, 3.63) is 0 Å². The zero-order chi connectivity index (χ0) is 16.5. The summed E-state index contributed by atoms with van der Waals surface area (Å²) in [6, 6.07) is 0. The molecule has 5 heteroatoms. The van der Waals surface area contributed by atoms with Crippen LogP contribution in [0.25, 0.3) is 0 Å². The second-order valence-electron chi connectivity index (χ2n) is 6.03. The number of hydroxylamine groups is 4. The topological polar surface area (TPSA) is 58.9 Å². The minimum atomic E-state index is -0.0195.